The molecule has 2 aromatic rings. The Kier molecular flexibility index (Phi) is 3.24. The molecule has 2 heteroatoms. The maximum atomic E-state index is 6.23. The van der Waals surface area contributed by atoms with Crippen LogP contribution in [0.4, 0.5) is 5.00 Å². The highest BCUT2D eigenvalue weighted by molar-refractivity contribution is 7.16. The van der Waals surface area contributed by atoms with Crippen molar-refractivity contribution in [2.45, 2.75) is 41.5 Å². The molecule has 0 atom stereocenters. The summed E-state index contributed by atoms with van der Waals surface area (Å²) in [4.78, 5) is 1.32. The van der Waals surface area contributed by atoms with E-state index in [2.05, 4.69) is 47.6 Å². The minimum absolute atomic E-state index is 0.946. The summed E-state index contributed by atoms with van der Waals surface area (Å²) >= 11 is 1.70. The number of rotatable bonds is 1. The van der Waals surface area contributed by atoms with Crippen LogP contribution in [-0.4, -0.2) is 0 Å². The standard InChI is InChI=1S/C16H21NS/c1-8-7-9(2)11(4)14(10(8)3)15-12(5)13(6)18-16(15)17/h7H,17H2,1-6H3. The van der Waals surface area contributed by atoms with E-state index >= 15 is 0 Å². The van der Waals surface area contributed by atoms with Crippen molar-refractivity contribution in [2.24, 2.45) is 0 Å². The lowest BCUT2D eigenvalue weighted by Crippen LogP contribution is -1.97. The molecular formula is C16H21NS. The zero-order valence-electron chi connectivity index (χ0n) is 12.1. The van der Waals surface area contributed by atoms with Crippen LogP contribution in [0, 0.1) is 41.5 Å². The minimum Gasteiger partial charge on any atom is -0.390 e. The van der Waals surface area contributed by atoms with Gasteiger partial charge < -0.3 is 5.73 Å². The summed E-state index contributed by atoms with van der Waals surface area (Å²) in [6, 6.07) is 2.26. The second kappa shape index (κ2) is 4.43. The van der Waals surface area contributed by atoms with Crippen molar-refractivity contribution in [2.75, 3.05) is 5.73 Å². The molecule has 1 heterocycles. The molecule has 18 heavy (non-hydrogen) atoms. The Hall–Kier alpha value is -1.28. The van der Waals surface area contributed by atoms with Crippen molar-refractivity contribution in [1.29, 1.82) is 0 Å². The monoisotopic (exact) mass is 259 g/mol. The smallest absolute Gasteiger partial charge is 0.0941 e. The molecule has 0 saturated carbocycles. The van der Waals surface area contributed by atoms with Crippen molar-refractivity contribution in [3.8, 4) is 11.1 Å². The van der Waals surface area contributed by atoms with Gasteiger partial charge in [0, 0.05) is 10.4 Å². The molecule has 0 aliphatic carbocycles. The van der Waals surface area contributed by atoms with E-state index in [0.29, 0.717) is 0 Å². The molecule has 1 aromatic carbocycles. The maximum Gasteiger partial charge on any atom is 0.0941 e. The van der Waals surface area contributed by atoms with E-state index in [0.717, 1.165) is 5.00 Å². The Labute approximate surface area is 114 Å². The summed E-state index contributed by atoms with van der Waals surface area (Å²) in [5.74, 6) is 0. The molecule has 2 N–H and O–H groups in total. The second-order valence-corrected chi connectivity index (χ2v) is 6.41. The lowest BCUT2D eigenvalue weighted by Gasteiger charge is -2.16. The molecule has 2 rings (SSSR count). The summed E-state index contributed by atoms with van der Waals surface area (Å²) in [6.07, 6.45) is 0. The molecule has 0 spiro atoms. The average Bonchev–Trinajstić information content (AvgIpc) is 2.53. The van der Waals surface area contributed by atoms with Crippen molar-refractivity contribution < 1.29 is 0 Å². The zero-order chi connectivity index (χ0) is 13.6. The molecule has 96 valence electrons. The van der Waals surface area contributed by atoms with Crippen molar-refractivity contribution in [3.63, 3.8) is 0 Å². The molecule has 0 amide bonds. The fourth-order valence-electron chi connectivity index (χ4n) is 2.56. The number of nitrogen functional groups attached to an aromatic ring is 1. The summed E-state index contributed by atoms with van der Waals surface area (Å²) in [5, 5.41) is 0.946. The normalized spacial score (nSPS) is 11.0. The van der Waals surface area contributed by atoms with Crippen LogP contribution in [0.1, 0.15) is 32.7 Å². The van der Waals surface area contributed by atoms with Gasteiger partial charge in [-0.15, -0.1) is 11.3 Å². The molecule has 0 fully saturated rings. The van der Waals surface area contributed by atoms with E-state index in [-0.39, 0.29) is 0 Å². The number of aryl methyl sites for hydroxylation is 3. The van der Waals surface area contributed by atoms with Gasteiger partial charge in [0.15, 0.2) is 0 Å². The van der Waals surface area contributed by atoms with Crippen molar-refractivity contribution >= 4 is 16.3 Å². The van der Waals surface area contributed by atoms with Gasteiger partial charge in [0.2, 0.25) is 0 Å². The lowest BCUT2D eigenvalue weighted by atomic mass is 9.89. The highest BCUT2D eigenvalue weighted by atomic mass is 32.1. The largest absolute Gasteiger partial charge is 0.390 e. The molecular weight excluding hydrogens is 238 g/mol. The first-order valence-electron chi connectivity index (χ1n) is 6.27. The number of nitrogens with two attached hydrogens (primary N) is 1. The summed E-state index contributed by atoms with van der Waals surface area (Å²) in [6.45, 7) is 13.1. The molecule has 0 radical (unpaired) electrons. The van der Waals surface area contributed by atoms with E-state index in [1.54, 1.807) is 11.3 Å². The first kappa shape index (κ1) is 13.2. The first-order valence-corrected chi connectivity index (χ1v) is 7.09. The van der Waals surface area contributed by atoms with Crippen LogP contribution in [0.25, 0.3) is 11.1 Å². The minimum atomic E-state index is 0.946. The van der Waals surface area contributed by atoms with Gasteiger partial charge in [0.05, 0.1) is 5.00 Å². The van der Waals surface area contributed by atoms with Gasteiger partial charge in [-0.25, -0.2) is 0 Å². The van der Waals surface area contributed by atoms with E-state index in [1.807, 2.05) is 0 Å². The van der Waals surface area contributed by atoms with Gasteiger partial charge in [0.25, 0.3) is 0 Å². The fraction of sp³-hybridized carbons (Fsp3) is 0.375. The molecule has 0 bridgehead atoms. The summed E-state index contributed by atoms with van der Waals surface area (Å²) in [5.41, 5.74) is 15.5. The number of anilines is 1. The molecule has 0 aliphatic rings. The maximum absolute atomic E-state index is 6.23. The van der Waals surface area contributed by atoms with Crippen LogP contribution in [0.3, 0.4) is 0 Å². The van der Waals surface area contributed by atoms with E-state index in [4.69, 9.17) is 5.73 Å². The molecule has 0 unspecified atom stereocenters. The van der Waals surface area contributed by atoms with Crippen LogP contribution in [0.15, 0.2) is 6.07 Å². The Bertz CT molecular complexity index is 595. The average molecular weight is 259 g/mol. The van der Waals surface area contributed by atoms with Crippen LogP contribution in [0.2, 0.25) is 0 Å². The molecule has 0 aliphatic heterocycles. The SMILES string of the molecule is Cc1cc(C)c(C)c(-c2c(N)sc(C)c2C)c1C. The molecule has 1 nitrogen and oxygen atoms in total. The van der Waals surface area contributed by atoms with Gasteiger partial charge in [-0.05, 0) is 74.9 Å². The third-order valence-electron chi connectivity index (χ3n) is 4.03. The second-order valence-electron chi connectivity index (χ2n) is 5.16. The van der Waals surface area contributed by atoms with Crippen molar-refractivity contribution in [1.82, 2.24) is 0 Å². The third kappa shape index (κ3) is 1.85. The Morgan fingerprint density at radius 1 is 0.778 bits per heavy atom. The predicted molar refractivity (Wildman–Crippen MR) is 82.6 cm³/mol. The fourth-order valence-corrected chi connectivity index (χ4v) is 3.50. The number of thiophene rings is 1. The number of benzene rings is 1. The first-order chi connectivity index (χ1) is 8.34. The van der Waals surface area contributed by atoms with E-state index in [1.165, 1.54) is 43.8 Å². The highest BCUT2D eigenvalue weighted by Gasteiger charge is 2.18. The topological polar surface area (TPSA) is 26.0 Å². The van der Waals surface area contributed by atoms with Gasteiger partial charge in [0.1, 0.15) is 0 Å². The van der Waals surface area contributed by atoms with Crippen LogP contribution in [0.5, 0.6) is 0 Å². The van der Waals surface area contributed by atoms with Crippen LogP contribution >= 0.6 is 11.3 Å². The van der Waals surface area contributed by atoms with Gasteiger partial charge in [-0.2, -0.15) is 0 Å². The quantitative estimate of drug-likeness (QED) is 0.778. The van der Waals surface area contributed by atoms with Crippen molar-refractivity contribution in [3.05, 3.63) is 38.8 Å². The molecule has 0 saturated heterocycles. The third-order valence-corrected chi connectivity index (χ3v) is 5.06. The van der Waals surface area contributed by atoms with Gasteiger partial charge in [-0.1, -0.05) is 6.07 Å². The molecule has 1 aromatic heterocycles. The summed E-state index contributed by atoms with van der Waals surface area (Å²) < 4.78 is 0. The van der Waals surface area contributed by atoms with E-state index in [9.17, 15) is 0 Å². The van der Waals surface area contributed by atoms with E-state index < -0.39 is 0 Å². The summed E-state index contributed by atoms with van der Waals surface area (Å²) in [7, 11) is 0. The van der Waals surface area contributed by atoms with Gasteiger partial charge >= 0.3 is 0 Å². The zero-order valence-corrected chi connectivity index (χ0v) is 12.9. The predicted octanol–water partition coefficient (Wildman–Crippen LogP) is 4.85. The number of hydrogen-bond donors (Lipinski definition) is 1. The number of hydrogen-bond acceptors (Lipinski definition) is 2. The Balaban J connectivity index is 2.87. The van der Waals surface area contributed by atoms with Crippen LogP contribution in [-0.2, 0) is 0 Å². The lowest BCUT2D eigenvalue weighted by molar-refractivity contribution is 1.24. The van der Waals surface area contributed by atoms with Crippen LogP contribution < -0.4 is 5.73 Å². The van der Waals surface area contributed by atoms with Gasteiger partial charge in [-0.3, -0.25) is 0 Å². The Morgan fingerprint density at radius 3 is 1.67 bits per heavy atom. The highest BCUT2D eigenvalue weighted by Crippen LogP contribution is 2.42. The Morgan fingerprint density at radius 2 is 1.28 bits per heavy atom.